The third kappa shape index (κ3) is 3.58. The van der Waals surface area contributed by atoms with Gasteiger partial charge < -0.3 is 15.2 Å². The SMILES string of the molecule is C=CCOC(=O)NC(C)(Cn1cncn1)C(=O)O. The molecule has 0 fully saturated rings. The number of alkyl carbamates (subject to hydrolysis) is 1. The first-order valence-electron chi connectivity index (χ1n) is 5.09. The molecule has 0 radical (unpaired) electrons. The number of nitrogens with one attached hydrogen (secondary N) is 1. The van der Waals surface area contributed by atoms with E-state index in [-0.39, 0.29) is 13.2 Å². The van der Waals surface area contributed by atoms with E-state index in [4.69, 9.17) is 5.11 Å². The zero-order valence-electron chi connectivity index (χ0n) is 9.87. The lowest BCUT2D eigenvalue weighted by Crippen LogP contribution is -2.55. The minimum absolute atomic E-state index is 0.00482. The zero-order valence-corrected chi connectivity index (χ0v) is 9.87. The van der Waals surface area contributed by atoms with Crippen LogP contribution in [0.2, 0.25) is 0 Å². The van der Waals surface area contributed by atoms with Crippen molar-refractivity contribution in [2.75, 3.05) is 6.61 Å². The monoisotopic (exact) mass is 254 g/mol. The molecular formula is C10H14N4O4. The standard InChI is InChI=1S/C10H14N4O4/c1-3-4-18-9(17)13-10(2,8(15)16)5-14-7-11-6-12-14/h3,6-7H,1,4-5H2,2H3,(H,13,17)(H,15,16). The Bertz CT molecular complexity index is 431. The second-order valence-corrected chi connectivity index (χ2v) is 3.74. The van der Waals surface area contributed by atoms with Crippen molar-refractivity contribution in [3.63, 3.8) is 0 Å². The smallest absolute Gasteiger partial charge is 0.408 e. The number of amides is 1. The lowest BCUT2D eigenvalue weighted by atomic mass is 10.0. The van der Waals surface area contributed by atoms with Crippen LogP contribution in [0.25, 0.3) is 0 Å². The maximum atomic E-state index is 11.4. The van der Waals surface area contributed by atoms with Gasteiger partial charge in [-0.05, 0) is 6.92 Å². The fourth-order valence-corrected chi connectivity index (χ4v) is 1.19. The number of aliphatic carboxylic acids is 1. The Morgan fingerprint density at radius 1 is 1.67 bits per heavy atom. The molecule has 1 rings (SSSR count). The molecule has 1 amide bonds. The summed E-state index contributed by atoms with van der Waals surface area (Å²) in [6.45, 7) is 4.68. The van der Waals surface area contributed by atoms with Crippen LogP contribution in [-0.2, 0) is 16.1 Å². The van der Waals surface area contributed by atoms with E-state index in [0.29, 0.717) is 0 Å². The highest BCUT2D eigenvalue weighted by Gasteiger charge is 2.36. The van der Waals surface area contributed by atoms with E-state index in [1.54, 1.807) is 0 Å². The number of carboxylic acid groups (broad SMARTS) is 1. The Morgan fingerprint density at radius 2 is 2.39 bits per heavy atom. The fourth-order valence-electron chi connectivity index (χ4n) is 1.19. The van der Waals surface area contributed by atoms with Crippen molar-refractivity contribution < 1.29 is 19.4 Å². The van der Waals surface area contributed by atoms with Gasteiger partial charge in [0.05, 0.1) is 6.54 Å². The molecule has 0 bridgehead atoms. The normalized spacial score (nSPS) is 13.4. The van der Waals surface area contributed by atoms with Gasteiger partial charge in [-0.3, -0.25) is 4.68 Å². The number of carbonyl (C=O) groups excluding carboxylic acids is 1. The molecule has 1 unspecified atom stereocenters. The molecule has 1 aromatic rings. The molecule has 8 nitrogen and oxygen atoms in total. The first-order valence-corrected chi connectivity index (χ1v) is 5.09. The number of carboxylic acids is 1. The highest BCUT2D eigenvalue weighted by Crippen LogP contribution is 2.08. The Balaban J connectivity index is 2.71. The molecule has 1 atom stereocenters. The quantitative estimate of drug-likeness (QED) is 0.694. The van der Waals surface area contributed by atoms with E-state index in [1.165, 1.54) is 30.3 Å². The number of rotatable bonds is 6. The molecule has 1 aromatic heterocycles. The van der Waals surface area contributed by atoms with Gasteiger partial charge in [-0.2, -0.15) is 5.10 Å². The van der Waals surface area contributed by atoms with E-state index < -0.39 is 17.6 Å². The van der Waals surface area contributed by atoms with E-state index >= 15 is 0 Å². The van der Waals surface area contributed by atoms with Crippen LogP contribution in [0.3, 0.4) is 0 Å². The van der Waals surface area contributed by atoms with Gasteiger partial charge in [-0.15, -0.1) is 0 Å². The second-order valence-electron chi connectivity index (χ2n) is 3.74. The summed E-state index contributed by atoms with van der Waals surface area (Å²) in [6, 6.07) is 0. The average molecular weight is 254 g/mol. The van der Waals surface area contributed by atoms with Crippen molar-refractivity contribution in [3.8, 4) is 0 Å². The van der Waals surface area contributed by atoms with Crippen molar-refractivity contribution in [2.24, 2.45) is 0 Å². The van der Waals surface area contributed by atoms with Gasteiger partial charge in [-0.1, -0.05) is 12.7 Å². The number of aromatic nitrogens is 3. The van der Waals surface area contributed by atoms with Gasteiger partial charge in [0.15, 0.2) is 5.54 Å². The minimum Gasteiger partial charge on any atom is -0.479 e. The largest absolute Gasteiger partial charge is 0.479 e. The molecule has 98 valence electrons. The minimum atomic E-state index is -1.54. The summed E-state index contributed by atoms with van der Waals surface area (Å²) in [5, 5.41) is 15.2. The van der Waals surface area contributed by atoms with Crippen molar-refractivity contribution in [3.05, 3.63) is 25.3 Å². The number of carbonyl (C=O) groups is 2. The summed E-state index contributed by atoms with van der Waals surface area (Å²) in [5.41, 5.74) is -1.54. The Hall–Kier alpha value is -2.38. The molecule has 18 heavy (non-hydrogen) atoms. The van der Waals surface area contributed by atoms with Crippen LogP contribution >= 0.6 is 0 Å². The highest BCUT2D eigenvalue weighted by molar-refractivity contribution is 5.83. The average Bonchev–Trinajstić information content (AvgIpc) is 2.78. The number of hydrogen-bond acceptors (Lipinski definition) is 5. The molecule has 0 saturated carbocycles. The lowest BCUT2D eigenvalue weighted by Gasteiger charge is -2.25. The molecule has 0 saturated heterocycles. The Labute approximate surface area is 103 Å². The van der Waals surface area contributed by atoms with E-state index in [1.807, 2.05) is 0 Å². The van der Waals surface area contributed by atoms with Crippen LogP contribution in [0.5, 0.6) is 0 Å². The Morgan fingerprint density at radius 3 is 2.89 bits per heavy atom. The molecule has 1 heterocycles. The van der Waals surface area contributed by atoms with Crippen molar-refractivity contribution >= 4 is 12.1 Å². The van der Waals surface area contributed by atoms with E-state index in [9.17, 15) is 9.59 Å². The fraction of sp³-hybridized carbons (Fsp3) is 0.400. The molecule has 0 aliphatic carbocycles. The van der Waals surface area contributed by atoms with Gasteiger partial charge in [-0.25, -0.2) is 14.6 Å². The lowest BCUT2D eigenvalue weighted by molar-refractivity contribution is -0.144. The third-order valence-electron chi connectivity index (χ3n) is 2.13. The number of nitrogens with zero attached hydrogens (tertiary/aromatic N) is 3. The first kappa shape index (κ1) is 13.7. The molecule has 0 aliphatic rings. The molecular weight excluding hydrogens is 240 g/mol. The summed E-state index contributed by atoms with van der Waals surface area (Å²) in [6.07, 6.45) is 3.19. The van der Waals surface area contributed by atoms with Crippen LogP contribution < -0.4 is 5.32 Å². The molecule has 0 spiro atoms. The number of ether oxygens (including phenoxy) is 1. The van der Waals surface area contributed by atoms with Crippen LogP contribution in [0.15, 0.2) is 25.3 Å². The summed E-state index contributed by atoms with van der Waals surface area (Å²) in [4.78, 5) is 26.3. The summed E-state index contributed by atoms with van der Waals surface area (Å²) >= 11 is 0. The van der Waals surface area contributed by atoms with Gasteiger partial charge in [0.1, 0.15) is 19.3 Å². The maximum absolute atomic E-state index is 11.4. The summed E-state index contributed by atoms with van der Waals surface area (Å²) in [5.74, 6) is -1.20. The highest BCUT2D eigenvalue weighted by atomic mass is 16.5. The first-order chi connectivity index (χ1) is 8.48. The summed E-state index contributed by atoms with van der Waals surface area (Å²) < 4.78 is 5.99. The van der Waals surface area contributed by atoms with E-state index in [0.717, 1.165) is 0 Å². The van der Waals surface area contributed by atoms with E-state index in [2.05, 4.69) is 26.7 Å². The van der Waals surface area contributed by atoms with Crippen LogP contribution in [0.1, 0.15) is 6.92 Å². The van der Waals surface area contributed by atoms with Gasteiger partial charge in [0.2, 0.25) is 0 Å². The number of hydrogen-bond donors (Lipinski definition) is 2. The molecule has 0 aromatic carbocycles. The van der Waals surface area contributed by atoms with Gasteiger partial charge in [0.25, 0.3) is 0 Å². The second kappa shape index (κ2) is 5.80. The van der Waals surface area contributed by atoms with Crippen molar-refractivity contribution in [1.82, 2.24) is 20.1 Å². The molecule has 2 N–H and O–H groups in total. The molecule has 0 aliphatic heterocycles. The van der Waals surface area contributed by atoms with Crippen LogP contribution in [0.4, 0.5) is 4.79 Å². The van der Waals surface area contributed by atoms with Crippen molar-refractivity contribution in [1.29, 1.82) is 0 Å². The van der Waals surface area contributed by atoms with Gasteiger partial charge in [0, 0.05) is 0 Å². The van der Waals surface area contributed by atoms with Gasteiger partial charge >= 0.3 is 12.1 Å². The maximum Gasteiger partial charge on any atom is 0.408 e. The predicted molar refractivity (Wildman–Crippen MR) is 60.7 cm³/mol. The topological polar surface area (TPSA) is 106 Å². The Kier molecular flexibility index (Phi) is 4.41. The predicted octanol–water partition coefficient (Wildman–Crippen LogP) is 0.0336. The summed E-state index contributed by atoms with van der Waals surface area (Å²) in [7, 11) is 0. The van der Waals surface area contributed by atoms with Crippen LogP contribution in [-0.4, -0.2) is 44.1 Å². The van der Waals surface area contributed by atoms with Crippen molar-refractivity contribution in [2.45, 2.75) is 19.0 Å². The molecule has 8 heteroatoms. The zero-order chi connectivity index (χ0) is 13.6. The third-order valence-corrected chi connectivity index (χ3v) is 2.13. The van der Waals surface area contributed by atoms with Crippen LogP contribution in [0, 0.1) is 0 Å².